The van der Waals surface area contributed by atoms with Gasteiger partial charge in [0.1, 0.15) is 0 Å². The van der Waals surface area contributed by atoms with E-state index in [0.29, 0.717) is 24.1 Å². The topological polar surface area (TPSA) is 32.3 Å². The number of hydrogen-bond donors (Lipinski definition) is 2. The summed E-state index contributed by atoms with van der Waals surface area (Å²) in [5, 5.41) is 13.3. The van der Waals surface area contributed by atoms with Gasteiger partial charge in [-0.15, -0.1) is 0 Å². The first-order valence-electron chi connectivity index (χ1n) is 6.94. The van der Waals surface area contributed by atoms with E-state index in [1.165, 1.54) is 31.7 Å². The number of nitrogens with one attached hydrogen (secondary N) is 1. The maximum Gasteiger partial charge on any atom is 0.159 e. The van der Waals surface area contributed by atoms with Crippen LogP contribution in [-0.2, 0) is 0 Å². The average molecular weight is 269 g/mol. The summed E-state index contributed by atoms with van der Waals surface area (Å²) in [7, 11) is 0. The van der Waals surface area contributed by atoms with Crippen LogP contribution in [0.2, 0.25) is 0 Å². The Morgan fingerprint density at radius 1 is 1.26 bits per heavy atom. The normalized spacial score (nSPS) is 19.6. The Kier molecular flexibility index (Phi) is 4.88. The highest BCUT2D eigenvalue weighted by Crippen LogP contribution is 2.27. The molecule has 2 N–H and O–H groups in total. The van der Waals surface area contributed by atoms with Crippen LogP contribution in [0.3, 0.4) is 0 Å². The molecule has 0 heterocycles. The fraction of sp³-hybridized carbons (Fsp3) is 0.600. The molecule has 1 fully saturated rings. The molecule has 1 aromatic rings. The highest BCUT2D eigenvalue weighted by molar-refractivity contribution is 5.20. The van der Waals surface area contributed by atoms with Crippen molar-refractivity contribution in [3.63, 3.8) is 0 Å². The molecule has 1 aliphatic carbocycles. The lowest BCUT2D eigenvalue weighted by Crippen LogP contribution is -2.35. The second-order valence-corrected chi connectivity index (χ2v) is 5.43. The summed E-state index contributed by atoms with van der Waals surface area (Å²) in [6, 6.07) is 3.88. The van der Waals surface area contributed by atoms with E-state index in [1.807, 2.05) is 0 Å². The first kappa shape index (κ1) is 14.4. The molecule has 1 aliphatic rings. The molecule has 1 saturated carbocycles. The van der Waals surface area contributed by atoms with Gasteiger partial charge >= 0.3 is 0 Å². The zero-order valence-electron chi connectivity index (χ0n) is 11.2. The third-order valence-electron chi connectivity index (χ3n) is 4.07. The van der Waals surface area contributed by atoms with Crippen LogP contribution in [0.4, 0.5) is 8.78 Å². The lowest BCUT2D eigenvalue weighted by Gasteiger charge is -2.22. The van der Waals surface area contributed by atoms with Gasteiger partial charge in [0.25, 0.3) is 0 Å². The lowest BCUT2D eigenvalue weighted by atomic mass is 9.99. The van der Waals surface area contributed by atoms with Gasteiger partial charge in [-0.05, 0) is 43.4 Å². The number of halogens is 2. The minimum absolute atomic E-state index is 0.349. The zero-order valence-corrected chi connectivity index (χ0v) is 11.2. The molecule has 4 heteroatoms. The molecular formula is C15H21F2NO. The molecular weight excluding hydrogens is 248 g/mol. The number of aliphatic hydroxyl groups is 1. The maximum atomic E-state index is 13.1. The van der Waals surface area contributed by atoms with Crippen LogP contribution < -0.4 is 5.32 Å². The molecule has 0 bridgehead atoms. The summed E-state index contributed by atoms with van der Waals surface area (Å²) < 4.78 is 25.9. The first-order chi connectivity index (χ1) is 9.08. The SMILES string of the molecule is CC(NCC(O)c1ccc(F)c(F)c1)C1CCCC1. The maximum absolute atomic E-state index is 13.1. The Morgan fingerprint density at radius 3 is 2.58 bits per heavy atom. The van der Waals surface area contributed by atoms with Crippen molar-refractivity contribution in [2.24, 2.45) is 5.92 Å². The highest BCUT2D eigenvalue weighted by atomic mass is 19.2. The van der Waals surface area contributed by atoms with E-state index in [4.69, 9.17) is 0 Å². The second-order valence-electron chi connectivity index (χ2n) is 5.43. The molecule has 0 radical (unpaired) electrons. The summed E-state index contributed by atoms with van der Waals surface area (Å²) >= 11 is 0. The fourth-order valence-electron chi connectivity index (χ4n) is 2.76. The molecule has 0 saturated heterocycles. The van der Waals surface area contributed by atoms with E-state index >= 15 is 0 Å². The van der Waals surface area contributed by atoms with Crippen LogP contribution in [-0.4, -0.2) is 17.7 Å². The van der Waals surface area contributed by atoms with Gasteiger partial charge in [-0.3, -0.25) is 0 Å². The average Bonchev–Trinajstić information content (AvgIpc) is 2.92. The number of aliphatic hydroxyl groups excluding tert-OH is 1. The van der Waals surface area contributed by atoms with E-state index in [2.05, 4.69) is 12.2 Å². The summed E-state index contributed by atoms with van der Waals surface area (Å²) in [6.07, 6.45) is 4.22. The van der Waals surface area contributed by atoms with Crippen molar-refractivity contribution in [1.29, 1.82) is 0 Å². The van der Waals surface area contributed by atoms with E-state index in [-0.39, 0.29) is 0 Å². The number of rotatable bonds is 5. The van der Waals surface area contributed by atoms with Crippen LogP contribution in [0, 0.1) is 17.6 Å². The summed E-state index contributed by atoms with van der Waals surface area (Å²) in [5.41, 5.74) is 0.407. The largest absolute Gasteiger partial charge is 0.387 e. The van der Waals surface area contributed by atoms with Gasteiger partial charge in [-0.1, -0.05) is 18.9 Å². The third-order valence-corrected chi connectivity index (χ3v) is 4.07. The molecule has 2 unspecified atom stereocenters. The van der Waals surface area contributed by atoms with Gasteiger partial charge < -0.3 is 10.4 Å². The van der Waals surface area contributed by atoms with Gasteiger partial charge in [-0.25, -0.2) is 8.78 Å². The van der Waals surface area contributed by atoms with Crippen molar-refractivity contribution in [2.75, 3.05) is 6.54 Å². The predicted molar refractivity (Wildman–Crippen MR) is 70.7 cm³/mol. The van der Waals surface area contributed by atoms with Crippen molar-refractivity contribution in [3.05, 3.63) is 35.4 Å². The van der Waals surface area contributed by atoms with Gasteiger partial charge in [0.15, 0.2) is 11.6 Å². The molecule has 106 valence electrons. The summed E-state index contributed by atoms with van der Waals surface area (Å²) in [6.45, 7) is 2.48. The minimum Gasteiger partial charge on any atom is -0.387 e. The fourth-order valence-corrected chi connectivity index (χ4v) is 2.76. The van der Waals surface area contributed by atoms with Gasteiger partial charge in [0, 0.05) is 12.6 Å². The molecule has 2 atom stereocenters. The van der Waals surface area contributed by atoms with E-state index < -0.39 is 17.7 Å². The van der Waals surface area contributed by atoms with Gasteiger partial charge in [0.2, 0.25) is 0 Å². The smallest absolute Gasteiger partial charge is 0.159 e. The molecule has 2 nitrogen and oxygen atoms in total. The molecule has 0 amide bonds. The molecule has 19 heavy (non-hydrogen) atoms. The Labute approximate surface area is 112 Å². The minimum atomic E-state index is -0.916. The van der Waals surface area contributed by atoms with Crippen LogP contribution in [0.1, 0.15) is 44.3 Å². The molecule has 2 rings (SSSR count). The van der Waals surface area contributed by atoms with E-state index in [0.717, 1.165) is 12.1 Å². The van der Waals surface area contributed by atoms with Crippen molar-refractivity contribution < 1.29 is 13.9 Å². The quantitative estimate of drug-likeness (QED) is 0.860. The van der Waals surface area contributed by atoms with Crippen molar-refractivity contribution >= 4 is 0 Å². The van der Waals surface area contributed by atoms with Crippen molar-refractivity contribution in [2.45, 2.75) is 44.8 Å². The second kappa shape index (κ2) is 6.44. The number of hydrogen-bond acceptors (Lipinski definition) is 2. The number of benzene rings is 1. The summed E-state index contributed by atoms with van der Waals surface area (Å²) in [5.74, 6) is -1.14. The predicted octanol–water partition coefficient (Wildman–Crippen LogP) is 3.17. The lowest BCUT2D eigenvalue weighted by molar-refractivity contribution is 0.165. The Balaban J connectivity index is 1.86. The monoisotopic (exact) mass is 269 g/mol. The zero-order chi connectivity index (χ0) is 13.8. The Hall–Kier alpha value is -1.00. The highest BCUT2D eigenvalue weighted by Gasteiger charge is 2.22. The Bertz CT molecular complexity index is 419. The third kappa shape index (κ3) is 3.74. The van der Waals surface area contributed by atoms with Crippen molar-refractivity contribution in [3.8, 4) is 0 Å². The first-order valence-corrected chi connectivity index (χ1v) is 6.94. The molecule has 0 spiro atoms. The van der Waals surface area contributed by atoms with E-state index in [9.17, 15) is 13.9 Å². The molecule has 1 aromatic carbocycles. The molecule has 0 aromatic heterocycles. The van der Waals surface area contributed by atoms with Crippen LogP contribution >= 0.6 is 0 Å². The van der Waals surface area contributed by atoms with Crippen LogP contribution in [0.5, 0.6) is 0 Å². The van der Waals surface area contributed by atoms with Gasteiger partial charge in [-0.2, -0.15) is 0 Å². The summed E-state index contributed by atoms with van der Waals surface area (Å²) in [4.78, 5) is 0. The molecule has 0 aliphatic heterocycles. The Morgan fingerprint density at radius 2 is 1.95 bits per heavy atom. The van der Waals surface area contributed by atoms with E-state index in [1.54, 1.807) is 0 Å². The van der Waals surface area contributed by atoms with Gasteiger partial charge in [0.05, 0.1) is 6.10 Å². The van der Waals surface area contributed by atoms with Crippen LogP contribution in [0.15, 0.2) is 18.2 Å². The standard InChI is InChI=1S/C15H21F2NO/c1-10(11-4-2-3-5-11)18-9-15(19)12-6-7-13(16)14(17)8-12/h6-8,10-11,15,18-19H,2-5,9H2,1H3. The van der Waals surface area contributed by atoms with Crippen LogP contribution in [0.25, 0.3) is 0 Å². The van der Waals surface area contributed by atoms with Crippen molar-refractivity contribution in [1.82, 2.24) is 5.32 Å².